The van der Waals surface area contributed by atoms with E-state index < -0.39 is 0 Å². The average molecular weight is 363 g/mol. The van der Waals surface area contributed by atoms with Crippen molar-refractivity contribution in [3.8, 4) is 0 Å². The summed E-state index contributed by atoms with van der Waals surface area (Å²) in [7, 11) is 0. The fourth-order valence-corrected chi connectivity index (χ4v) is 3.75. The van der Waals surface area contributed by atoms with Gasteiger partial charge in [-0.3, -0.25) is 4.98 Å². The van der Waals surface area contributed by atoms with Gasteiger partial charge in [0.15, 0.2) is 12.6 Å². The van der Waals surface area contributed by atoms with Gasteiger partial charge in [0.05, 0.1) is 13.2 Å². The third kappa shape index (κ3) is 6.02. The molecule has 0 radical (unpaired) electrons. The van der Waals surface area contributed by atoms with E-state index in [4.69, 9.17) is 23.9 Å². The minimum Gasteiger partial charge on any atom is -0.353 e. The van der Waals surface area contributed by atoms with Crippen molar-refractivity contribution in [3.05, 3.63) is 28.6 Å². The van der Waals surface area contributed by atoms with Crippen LogP contribution in [-0.4, -0.2) is 44.0 Å². The van der Waals surface area contributed by atoms with Gasteiger partial charge in [-0.05, 0) is 76.0 Å². The Bertz CT molecular complexity index is 551. The topological polar surface area (TPSA) is 49.8 Å². The van der Waals surface area contributed by atoms with Crippen molar-refractivity contribution in [2.45, 2.75) is 77.8 Å². The molecule has 3 rings (SSSR count). The van der Waals surface area contributed by atoms with E-state index in [1.807, 2.05) is 0 Å². The summed E-state index contributed by atoms with van der Waals surface area (Å²) >= 11 is 0. The Morgan fingerprint density at radius 1 is 0.923 bits per heavy atom. The lowest BCUT2D eigenvalue weighted by molar-refractivity contribution is -0.162. The third-order valence-corrected chi connectivity index (χ3v) is 5.14. The van der Waals surface area contributed by atoms with Crippen LogP contribution in [0.25, 0.3) is 0 Å². The molecule has 0 aromatic carbocycles. The summed E-state index contributed by atoms with van der Waals surface area (Å²) in [5.41, 5.74) is 4.77. The first-order valence-corrected chi connectivity index (χ1v) is 10.1. The molecule has 2 atom stereocenters. The molecule has 26 heavy (non-hydrogen) atoms. The summed E-state index contributed by atoms with van der Waals surface area (Å²) in [4.78, 5) is 4.77. The molecule has 2 aliphatic heterocycles. The van der Waals surface area contributed by atoms with E-state index >= 15 is 0 Å². The zero-order chi connectivity index (χ0) is 18.2. The Balaban J connectivity index is 1.51. The quantitative estimate of drug-likeness (QED) is 0.702. The van der Waals surface area contributed by atoms with Gasteiger partial charge in [-0.1, -0.05) is 0 Å². The molecule has 3 heterocycles. The van der Waals surface area contributed by atoms with Gasteiger partial charge < -0.3 is 18.9 Å². The van der Waals surface area contributed by atoms with Crippen LogP contribution < -0.4 is 0 Å². The van der Waals surface area contributed by atoms with Crippen molar-refractivity contribution in [2.24, 2.45) is 0 Å². The highest BCUT2D eigenvalue weighted by molar-refractivity contribution is 5.32. The fourth-order valence-electron chi connectivity index (χ4n) is 3.75. The molecule has 5 nitrogen and oxygen atoms in total. The lowest BCUT2D eigenvalue weighted by Gasteiger charge is -2.24. The van der Waals surface area contributed by atoms with Crippen LogP contribution in [-0.2, 0) is 31.8 Å². The van der Waals surface area contributed by atoms with Gasteiger partial charge in [0.25, 0.3) is 0 Å². The summed E-state index contributed by atoms with van der Waals surface area (Å²) in [5, 5.41) is 0. The Labute approximate surface area is 157 Å². The Morgan fingerprint density at radius 2 is 1.54 bits per heavy atom. The van der Waals surface area contributed by atoms with Crippen LogP contribution in [0.1, 0.15) is 61.0 Å². The first kappa shape index (κ1) is 19.7. The van der Waals surface area contributed by atoms with Crippen LogP contribution >= 0.6 is 0 Å². The second-order valence-electron chi connectivity index (χ2n) is 7.34. The second kappa shape index (κ2) is 10.4. The number of nitrogens with zero attached hydrogens (tertiary/aromatic N) is 1. The van der Waals surface area contributed by atoms with Gasteiger partial charge >= 0.3 is 0 Å². The van der Waals surface area contributed by atoms with Crippen LogP contribution in [0.3, 0.4) is 0 Å². The Kier molecular flexibility index (Phi) is 7.86. The first-order valence-electron chi connectivity index (χ1n) is 10.1. The highest BCUT2D eigenvalue weighted by Gasteiger charge is 2.17. The number of rotatable bonds is 8. The van der Waals surface area contributed by atoms with Crippen molar-refractivity contribution < 1.29 is 18.9 Å². The molecule has 0 amide bonds. The minimum absolute atomic E-state index is 0.0299. The van der Waals surface area contributed by atoms with E-state index in [1.54, 1.807) is 0 Å². The van der Waals surface area contributed by atoms with Gasteiger partial charge in [0.1, 0.15) is 0 Å². The van der Waals surface area contributed by atoms with E-state index in [9.17, 15) is 0 Å². The van der Waals surface area contributed by atoms with Gasteiger partial charge in [-0.25, -0.2) is 0 Å². The summed E-state index contributed by atoms with van der Waals surface area (Å²) in [6.07, 6.45) is 8.31. The van der Waals surface area contributed by atoms with Crippen LogP contribution in [0.2, 0.25) is 0 Å². The van der Waals surface area contributed by atoms with Crippen molar-refractivity contribution in [1.82, 2.24) is 4.98 Å². The van der Waals surface area contributed by atoms with E-state index in [0.717, 1.165) is 63.1 Å². The monoisotopic (exact) mass is 363 g/mol. The number of hydrogen-bond acceptors (Lipinski definition) is 5. The highest BCUT2D eigenvalue weighted by atomic mass is 16.7. The molecule has 1 aromatic rings. The van der Waals surface area contributed by atoms with Gasteiger partial charge in [0, 0.05) is 31.0 Å². The van der Waals surface area contributed by atoms with Crippen molar-refractivity contribution in [3.63, 3.8) is 0 Å². The predicted molar refractivity (Wildman–Crippen MR) is 100 cm³/mol. The van der Waals surface area contributed by atoms with E-state index in [1.165, 1.54) is 24.0 Å². The maximum absolute atomic E-state index is 5.93. The molecule has 2 fully saturated rings. The SMILES string of the molecule is Cc1cc(C)c(CCOC2CCCCO2)c(CCOC2CCCCO2)n1. The second-order valence-corrected chi connectivity index (χ2v) is 7.34. The molecule has 5 heteroatoms. The molecule has 0 N–H and O–H groups in total. The summed E-state index contributed by atoms with van der Waals surface area (Å²) in [6, 6.07) is 2.15. The molecule has 2 unspecified atom stereocenters. The average Bonchev–Trinajstić information content (AvgIpc) is 2.65. The summed E-state index contributed by atoms with van der Waals surface area (Å²) in [5.74, 6) is 0. The molecule has 0 spiro atoms. The number of aryl methyl sites for hydroxylation is 2. The number of aromatic nitrogens is 1. The molecule has 1 aromatic heterocycles. The van der Waals surface area contributed by atoms with Crippen molar-refractivity contribution in [1.29, 1.82) is 0 Å². The third-order valence-electron chi connectivity index (χ3n) is 5.14. The molecule has 2 saturated heterocycles. The molecule has 2 aliphatic rings. The highest BCUT2D eigenvalue weighted by Crippen LogP contribution is 2.19. The van der Waals surface area contributed by atoms with E-state index in [0.29, 0.717) is 13.2 Å². The Morgan fingerprint density at radius 3 is 2.12 bits per heavy atom. The number of pyridine rings is 1. The normalized spacial score (nSPS) is 23.9. The standard InChI is InChI=1S/C21H33NO4/c1-16-15-17(2)22-19(10-14-26-21-8-4-6-12-24-21)18(16)9-13-25-20-7-3-5-11-23-20/h15,20-21H,3-14H2,1-2H3. The van der Waals surface area contributed by atoms with Gasteiger partial charge in [-0.2, -0.15) is 0 Å². The van der Waals surface area contributed by atoms with Crippen LogP contribution in [0.5, 0.6) is 0 Å². The molecular weight excluding hydrogens is 330 g/mol. The lowest BCUT2D eigenvalue weighted by atomic mass is 10.0. The van der Waals surface area contributed by atoms with Crippen molar-refractivity contribution >= 4 is 0 Å². The van der Waals surface area contributed by atoms with Crippen molar-refractivity contribution in [2.75, 3.05) is 26.4 Å². The van der Waals surface area contributed by atoms with E-state index in [-0.39, 0.29) is 12.6 Å². The van der Waals surface area contributed by atoms with Crippen LogP contribution in [0, 0.1) is 13.8 Å². The zero-order valence-electron chi connectivity index (χ0n) is 16.3. The van der Waals surface area contributed by atoms with Crippen LogP contribution in [0.15, 0.2) is 6.07 Å². The maximum atomic E-state index is 5.93. The fraction of sp³-hybridized carbons (Fsp3) is 0.762. The molecule has 146 valence electrons. The van der Waals surface area contributed by atoms with Gasteiger partial charge in [-0.15, -0.1) is 0 Å². The molecule has 0 bridgehead atoms. The van der Waals surface area contributed by atoms with Crippen LogP contribution in [0.4, 0.5) is 0 Å². The number of hydrogen-bond donors (Lipinski definition) is 0. The predicted octanol–water partition coefficient (Wildman–Crippen LogP) is 3.87. The molecule has 0 aliphatic carbocycles. The molecule has 0 saturated carbocycles. The molecular formula is C21H33NO4. The smallest absolute Gasteiger partial charge is 0.157 e. The first-order chi connectivity index (χ1) is 12.7. The summed E-state index contributed by atoms with van der Waals surface area (Å²) in [6.45, 7) is 7.18. The summed E-state index contributed by atoms with van der Waals surface area (Å²) < 4.78 is 23.1. The largest absolute Gasteiger partial charge is 0.353 e. The zero-order valence-corrected chi connectivity index (χ0v) is 16.3. The number of ether oxygens (including phenoxy) is 4. The van der Waals surface area contributed by atoms with E-state index in [2.05, 4.69) is 19.9 Å². The minimum atomic E-state index is -0.0371. The van der Waals surface area contributed by atoms with Gasteiger partial charge in [0.2, 0.25) is 0 Å². The maximum Gasteiger partial charge on any atom is 0.157 e. The Hall–Kier alpha value is -1.01. The lowest BCUT2D eigenvalue weighted by Crippen LogP contribution is -2.24.